The molecule has 1 aromatic carbocycles. The Kier molecular flexibility index (Phi) is 15.7. The van der Waals surface area contributed by atoms with Crippen molar-refractivity contribution in [1.29, 1.82) is 0 Å². The van der Waals surface area contributed by atoms with Crippen LogP contribution >= 0.6 is 0 Å². The van der Waals surface area contributed by atoms with Crippen molar-refractivity contribution in [1.82, 2.24) is 0 Å². The molecule has 0 aromatic heterocycles. The van der Waals surface area contributed by atoms with Crippen molar-refractivity contribution in [3.63, 3.8) is 0 Å². The van der Waals surface area contributed by atoms with Crippen LogP contribution in [0.2, 0.25) is 0 Å². The van der Waals surface area contributed by atoms with Crippen LogP contribution in [0.3, 0.4) is 0 Å². The van der Waals surface area contributed by atoms with Crippen molar-refractivity contribution in [3.8, 4) is 11.5 Å². The quantitative estimate of drug-likeness (QED) is 0.110. The van der Waals surface area contributed by atoms with Crippen LogP contribution in [0.5, 0.6) is 11.5 Å². The van der Waals surface area contributed by atoms with Gasteiger partial charge >= 0.3 is 24.2 Å². The van der Waals surface area contributed by atoms with E-state index < -0.39 is 29.9 Å². The Labute approximate surface area is 236 Å². The molecule has 40 heavy (non-hydrogen) atoms. The van der Waals surface area contributed by atoms with E-state index in [4.69, 9.17) is 34.2 Å². The standard InChI is InChI=1S/C29H45NO10/c1-7-9-15-36-27(33)39-23-13-12-22(17-24(23)40-28(34)37-16-10-8-2)19-29(30,26(32)35-6)18-21(5)38-25(31)14-11-20(3)4/h12-13,17,20-21H,7-11,14-16,18-19,30H2,1-6H3/t21?,29-/m1/s1. The maximum Gasteiger partial charge on any atom is 0.513 e. The lowest BCUT2D eigenvalue weighted by Crippen LogP contribution is -2.53. The summed E-state index contributed by atoms with van der Waals surface area (Å²) in [6.07, 6.45) is 1.21. The first-order valence-electron chi connectivity index (χ1n) is 13.8. The number of nitrogens with two attached hydrogens (primary N) is 1. The number of rotatable bonds is 17. The summed E-state index contributed by atoms with van der Waals surface area (Å²) in [5.74, 6) is -0.938. The Morgan fingerprint density at radius 1 is 0.900 bits per heavy atom. The van der Waals surface area contributed by atoms with Gasteiger partial charge in [0.25, 0.3) is 0 Å². The van der Waals surface area contributed by atoms with Gasteiger partial charge < -0.3 is 34.2 Å². The fourth-order valence-electron chi connectivity index (χ4n) is 3.70. The van der Waals surface area contributed by atoms with Crippen LogP contribution in [-0.2, 0) is 35.0 Å². The van der Waals surface area contributed by atoms with Crippen molar-refractivity contribution in [2.75, 3.05) is 20.3 Å². The van der Waals surface area contributed by atoms with E-state index in [1.807, 2.05) is 27.7 Å². The van der Waals surface area contributed by atoms with Gasteiger partial charge in [0.2, 0.25) is 0 Å². The van der Waals surface area contributed by atoms with E-state index in [1.54, 1.807) is 13.0 Å². The number of methoxy groups -OCH3 is 1. The molecule has 0 aliphatic heterocycles. The molecule has 2 N–H and O–H groups in total. The van der Waals surface area contributed by atoms with E-state index in [9.17, 15) is 19.2 Å². The molecule has 1 unspecified atom stereocenters. The highest BCUT2D eigenvalue weighted by Crippen LogP contribution is 2.32. The van der Waals surface area contributed by atoms with Crippen molar-refractivity contribution >= 4 is 24.2 Å². The van der Waals surface area contributed by atoms with Gasteiger partial charge in [0, 0.05) is 19.3 Å². The summed E-state index contributed by atoms with van der Waals surface area (Å²) in [5.41, 5.74) is 5.39. The third-order valence-electron chi connectivity index (χ3n) is 5.85. The van der Waals surface area contributed by atoms with Crippen molar-refractivity contribution in [2.45, 2.75) is 97.6 Å². The molecule has 0 aliphatic carbocycles. The lowest BCUT2D eigenvalue weighted by atomic mass is 9.86. The Morgan fingerprint density at radius 3 is 2.00 bits per heavy atom. The van der Waals surface area contributed by atoms with Crippen LogP contribution < -0.4 is 15.2 Å². The third kappa shape index (κ3) is 13.1. The molecular weight excluding hydrogens is 522 g/mol. The SMILES string of the molecule is CCCCOC(=O)Oc1ccc(C[C@](N)(CC(C)OC(=O)CCC(C)C)C(=O)OC)cc1OC(=O)OCCCC. The first kappa shape index (κ1) is 34.7. The lowest BCUT2D eigenvalue weighted by Gasteiger charge is -2.29. The summed E-state index contributed by atoms with van der Waals surface area (Å²) in [6, 6.07) is 4.38. The largest absolute Gasteiger partial charge is 0.513 e. The molecule has 0 fully saturated rings. The number of hydrogen-bond acceptors (Lipinski definition) is 11. The molecule has 11 nitrogen and oxygen atoms in total. The number of hydrogen-bond donors (Lipinski definition) is 1. The van der Waals surface area contributed by atoms with Crippen molar-refractivity contribution in [3.05, 3.63) is 23.8 Å². The fraction of sp³-hybridized carbons (Fsp3) is 0.655. The number of benzene rings is 1. The van der Waals surface area contributed by atoms with Crippen molar-refractivity contribution < 1.29 is 47.6 Å². The first-order valence-corrected chi connectivity index (χ1v) is 13.8. The summed E-state index contributed by atoms with van der Waals surface area (Å²) in [6.45, 7) is 9.90. The summed E-state index contributed by atoms with van der Waals surface area (Å²) in [4.78, 5) is 49.3. The second-order valence-electron chi connectivity index (χ2n) is 10.2. The molecule has 226 valence electrons. The van der Waals surface area contributed by atoms with Crippen LogP contribution in [0.1, 0.15) is 85.1 Å². The smallest absolute Gasteiger partial charge is 0.468 e. The average Bonchev–Trinajstić information content (AvgIpc) is 2.88. The Hall–Kier alpha value is -3.34. The average molecular weight is 568 g/mol. The highest BCUT2D eigenvalue weighted by Gasteiger charge is 2.38. The number of carbonyl (C=O) groups is 4. The number of carbonyl (C=O) groups excluding carboxylic acids is 4. The monoisotopic (exact) mass is 567 g/mol. The maximum atomic E-state index is 12.7. The predicted molar refractivity (Wildman–Crippen MR) is 147 cm³/mol. The topological polar surface area (TPSA) is 150 Å². The van der Waals surface area contributed by atoms with Gasteiger partial charge in [-0.3, -0.25) is 9.59 Å². The van der Waals surface area contributed by atoms with Gasteiger partial charge in [0.1, 0.15) is 11.6 Å². The zero-order chi connectivity index (χ0) is 30.1. The molecule has 0 radical (unpaired) electrons. The molecule has 0 bridgehead atoms. The molecule has 0 spiro atoms. The van der Waals surface area contributed by atoms with Gasteiger partial charge in [0.05, 0.1) is 20.3 Å². The van der Waals surface area contributed by atoms with Crippen LogP contribution in [-0.4, -0.2) is 56.2 Å². The van der Waals surface area contributed by atoms with Gasteiger partial charge in [-0.05, 0) is 49.8 Å². The minimum absolute atomic E-state index is 0.0235. The summed E-state index contributed by atoms with van der Waals surface area (Å²) >= 11 is 0. The minimum atomic E-state index is -1.58. The highest BCUT2D eigenvalue weighted by molar-refractivity contribution is 5.81. The molecule has 0 amide bonds. The van der Waals surface area contributed by atoms with Gasteiger partial charge in [-0.25, -0.2) is 9.59 Å². The highest BCUT2D eigenvalue weighted by atomic mass is 16.7. The predicted octanol–water partition coefficient (Wildman–Crippen LogP) is 5.49. The van der Waals surface area contributed by atoms with Crippen LogP contribution in [0.4, 0.5) is 9.59 Å². The Morgan fingerprint density at radius 2 is 1.48 bits per heavy atom. The van der Waals surface area contributed by atoms with E-state index in [-0.39, 0.29) is 49.9 Å². The molecule has 0 heterocycles. The number of esters is 2. The minimum Gasteiger partial charge on any atom is -0.468 e. The summed E-state index contributed by atoms with van der Waals surface area (Å²) in [7, 11) is 1.21. The molecule has 2 atom stereocenters. The fourth-order valence-corrected chi connectivity index (χ4v) is 3.70. The third-order valence-corrected chi connectivity index (χ3v) is 5.85. The van der Waals surface area contributed by atoms with Gasteiger partial charge in [-0.15, -0.1) is 0 Å². The van der Waals surface area contributed by atoms with Crippen LogP contribution in [0.15, 0.2) is 18.2 Å². The molecule has 0 saturated heterocycles. The van der Waals surface area contributed by atoms with E-state index in [0.29, 0.717) is 30.7 Å². The number of ether oxygens (including phenoxy) is 6. The Bertz CT molecular complexity index is 964. The van der Waals surface area contributed by atoms with E-state index >= 15 is 0 Å². The zero-order valence-corrected chi connectivity index (χ0v) is 24.6. The van der Waals surface area contributed by atoms with Gasteiger partial charge in [-0.2, -0.15) is 0 Å². The van der Waals surface area contributed by atoms with E-state index in [1.165, 1.54) is 19.2 Å². The normalized spacial score (nSPS) is 13.1. The van der Waals surface area contributed by atoms with E-state index in [2.05, 4.69) is 0 Å². The molecule has 0 aliphatic rings. The second-order valence-corrected chi connectivity index (χ2v) is 10.2. The summed E-state index contributed by atoms with van der Waals surface area (Å²) in [5, 5.41) is 0. The van der Waals surface area contributed by atoms with Crippen LogP contribution in [0.25, 0.3) is 0 Å². The van der Waals surface area contributed by atoms with Gasteiger partial charge in [-0.1, -0.05) is 46.6 Å². The second kappa shape index (κ2) is 18.1. The Balaban J connectivity index is 3.15. The van der Waals surface area contributed by atoms with Crippen LogP contribution in [0, 0.1) is 5.92 Å². The summed E-state index contributed by atoms with van der Waals surface area (Å²) < 4.78 is 31.1. The number of unbranched alkanes of at least 4 members (excludes halogenated alkanes) is 2. The molecule has 1 rings (SSSR count). The maximum absolute atomic E-state index is 12.7. The lowest BCUT2D eigenvalue weighted by molar-refractivity contribution is -0.155. The first-order chi connectivity index (χ1) is 18.9. The molecule has 0 saturated carbocycles. The molecular formula is C29H45NO10. The van der Waals surface area contributed by atoms with Crippen molar-refractivity contribution in [2.24, 2.45) is 11.7 Å². The zero-order valence-electron chi connectivity index (χ0n) is 24.6. The molecule has 11 heteroatoms. The van der Waals surface area contributed by atoms with E-state index in [0.717, 1.165) is 12.8 Å². The van der Waals surface area contributed by atoms with Gasteiger partial charge in [0.15, 0.2) is 11.5 Å². The molecule has 1 aromatic rings.